The van der Waals surface area contributed by atoms with Gasteiger partial charge in [0.15, 0.2) is 5.69 Å². The van der Waals surface area contributed by atoms with E-state index in [1.807, 2.05) is 0 Å². The predicted octanol–water partition coefficient (Wildman–Crippen LogP) is 0.520. The smallest absolute Gasteiger partial charge is 0.411 e. The molecule has 1 heterocycles. The molecule has 100 valence electrons. The summed E-state index contributed by atoms with van der Waals surface area (Å²) in [6.07, 6.45) is -4.44. The third kappa shape index (κ3) is 4.53. The second-order valence-corrected chi connectivity index (χ2v) is 3.25. The van der Waals surface area contributed by atoms with Gasteiger partial charge < -0.3 is 9.84 Å². The van der Waals surface area contributed by atoms with Crippen LogP contribution >= 0.6 is 0 Å². The van der Waals surface area contributed by atoms with Gasteiger partial charge >= 0.3 is 12.1 Å². The Kier molecular flexibility index (Phi) is 4.43. The van der Waals surface area contributed by atoms with Crippen molar-refractivity contribution < 1.29 is 27.8 Å². The number of alkyl halides is 3. The quantitative estimate of drug-likeness (QED) is 0.786. The number of ether oxygens (including phenoxy) is 1. The molecular formula is C9H9F3N2O4. The van der Waals surface area contributed by atoms with Crippen LogP contribution in [0.4, 0.5) is 13.2 Å². The van der Waals surface area contributed by atoms with Crippen molar-refractivity contribution in [1.82, 2.24) is 9.78 Å². The average molecular weight is 266 g/mol. The molecule has 0 unspecified atom stereocenters. The van der Waals surface area contributed by atoms with E-state index in [0.29, 0.717) is 0 Å². The van der Waals surface area contributed by atoms with Gasteiger partial charge in [-0.3, -0.25) is 4.79 Å². The molecule has 1 rings (SSSR count). The standard InChI is InChI=1S/C9H9F3N2O4/c10-9(11,12)5-18-4-3-14-7(15)2-1-6(13-14)8(16)17/h1-2H,3-5H2,(H,16,17). The number of hydrogen-bond acceptors (Lipinski definition) is 4. The van der Waals surface area contributed by atoms with E-state index < -0.39 is 30.9 Å². The van der Waals surface area contributed by atoms with Crippen molar-refractivity contribution in [3.63, 3.8) is 0 Å². The van der Waals surface area contributed by atoms with Crippen LogP contribution < -0.4 is 5.56 Å². The molecule has 1 aromatic heterocycles. The molecular weight excluding hydrogens is 257 g/mol. The first kappa shape index (κ1) is 14.2. The molecule has 0 fully saturated rings. The molecule has 0 bridgehead atoms. The van der Waals surface area contributed by atoms with E-state index in [4.69, 9.17) is 5.11 Å². The van der Waals surface area contributed by atoms with E-state index >= 15 is 0 Å². The second kappa shape index (κ2) is 5.63. The molecule has 1 aromatic rings. The lowest BCUT2D eigenvalue weighted by Crippen LogP contribution is -2.27. The molecule has 0 aliphatic heterocycles. The monoisotopic (exact) mass is 266 g/mol. The lowest BCUT2D eigenvalue weighted by Gasteiger charge is -2.08. The van der Waals surface area contributed by atoms with E-state index in [2.05, 4.69) is 9.84 Å². The van der Waals surface area contributed by atoms with Crippen LogP contribution in [0.15, 0.2) is 16.9 Å². The lowest BCUT2D eigenvalue weighted by atomic mass is 10.4. The molecule has 0 aliphatic rings. The molecule has 9 heteroatoms. The van der Waals surface area contributed by atoms with Gasteiger partial charge in [0, 0.05) is 6.07 Å². The lowest BCUT2D eigenvalue weighted by molar-refractivity contribution is -0.174. The first-order valence-corrected chi connectivity index (χ1v) is 4.75. The van der Waals surface area contributed by atoms with Crippen molar-refractivity contribution in [1.29, 1.82) is 0 Å². The molecule has 0 aromatic carbocycles. The van der Waals surface area contributed by atoms with Crippen LogP contribution in [0, 0.1) is 0 Å². The Bertz CT molecular complexity index is 483. The maximum absolute atomic E-state index is 11.7. The Morgan fingerprint density at radius 2 is 2.11 bits per heavy atom. The minimum absolute atomic E-state index is 0.254. The highest BCUT2D eigenvalue weighted by Crippen LogP contribution is 2.14. The van der Waals surface area contributed by atoms with E-state index in [9.17, 15) is 22.8 Å². The number of aromatic nitrogens is 2. The third-order valence-electron chi connectivity index (χ3n) is 1.80. The normalized spacial score (nSPS) is 11.5. The van der Waals surface area contributed by atoms with E-state index in [1.165, 1.54) is 0 Å². The summed E-state index contributed by atoms with van der Waals surface area (Å²) < 4.78 is 40.3. The summed E-state index contributed by atoms with van der Waals surface area (Å²) in [5.74, 6) is -1.33. The van der Waals surface area contributed by atoms with Gasteiger partial charge in [-0.05, 0) is 6.07 Å². The number of hydrogen-bond donors (Lipinski definition) is 1. The number of nitrogens with zero attached hydrogens (tertiary/aromatic N) is 2. The molecule has 0 amide bonds. The maximum atomic E-state index is 11.7. The minimum atomic E-state index is -4.44. The van der Waals surface area contributed by atoms with Gasteiger partial charge in [0.2, 0.25) is 0 Å². The fraction of sp³-hybridized carbons (Fsp3) is 0.444. The Hall–Kier alpha value is -1.90. The summed E-state index contributed by atoms with van der Waals surface area (Å²) in [7, 11) is 0. The predicted molar refractivity (Wildman–Crippen MR) is 52.3 cm³/mol. The zero-order valence-corrected chi connectivity index (χ0v) is 8.98. The highest BCUT2D eigenvalue weighted by molar-refractivity contribution is 5.84. The van der Waals surface area contributed by atoms with Crippen molar-refractivity contribution in [3.05, 3.63) is 28.2 Å². The van der Waals surface area contributed by atoms with Gasteiger partial charge in [-0.1, -0.05) is 0 Å². The molecule has 0 spiro atoms. The summed E-state index contributed by atoms with van der Waals surface area (Å²) in [6, 6.07) is 1.98. The fourth-order valence-corrected chi connectivity index (χ4v) is 1.06. The van der Waals surface area contributed by atoms with Gasteiger partial charge in [-0.2, -0.15) is 18.3 Å². The zero-order chi connectivity index (χ0) is 13.8. The highest BCUT2D eigenvalue weighted by Gasteiger charge is 2.27. The fourth-order valence-electron chi connectivity index (χ4n) is 1.06. The Morgan fingerprint density at radius 1 is 1.44 bits per heavy atom. The summed E-state index contributed by atoms with van der Waals surface area (Å²) in [5.41, 5.74) is -0.985. The molecule has 0 saturated heterocycles. The summed E-state index contributed by atoms with van der Waals surface area (Å²) >= 11 is 0. The van der Waals surface area contributed by atoms with Crippen LogP contribution in [0.3, 0.4) is 0 Å². The van der Waals surface area contributed by atoms with Gasteiger partial charge in [0.05, 0.1) is 13.2 Å². The molecule has 0 atom stereocenters. The van der Waals surface area contributed by atoms with Crippen LogP contribution in [-0.2, 0) is 11.3 Å². The maximum Gasteiger partial charge on any atom is 0.411 e. The third-order valence-corrected chi connectivity index (χ3v) is 1.80. The average Bonchev–Trinajstić information content (AvgIpc) is 2.24. The summed E-state index contributed by atoms with van der Waals surface area (Å²) in [4.78, 5) is 21.8. The van der Waals surface area contributed by atoms with Gasteiger partial charge in [-0.25, -0.2) is 9.48 Å². The highest BCUT2D eigenvalue weighted by atomic mass is 19.4. The zero-order valence-electron chi connectivity index (χ0n) is 8.98. The topological polar surface area (TPSA) is 81.4 Å². The first-order chi connectivity index (χ1) is 8.29. The Morgan fingerprint density at radius 3 is 2.67 bits per heavy atom. The minimum Gasteiger partial charge on any atom is -0.476 e. The second-order valence-electron chi connectivity index (χ2n) is 3.25. The number of halogens is 3. The van der Waals surface area contributed by atoms with Crippen molar-refractivity contribution in [2.45, 2.75) is 12.7 Å². The van der Waals surface area contributed by atoms with Crippen LogP contribution in [0.25, 0.3) is 0 Å². The SMILES string of the molecule is O=C(O)c1ccc(=O)n(CCOCC(F)(F)F)n1. The summed E-state index contributed by atoms with van der Waals surface area (Å²) in [5, 5.41) is 12.1. The first-order valence-electron chi connectivity index (χ1n) is 4.75. The number of carboxylic acids is 1. The van der Waals surface area contributed by atoms with Crippen molar-refractivity contribution in [2.75, 3.05) is 13.2 Å². The van der Waals surface area contributed by atoms with Gasteiger partial charge in [-0.15, -0.1) is 0 Å². The Balaban J connectivity index is 2.59. The molecule has 0 saturated carbocycles. The largest absolute Gasteiger partial charge is 0.476 e. The van der Waals surface area contributed by atoms with Gasteiger partial charge in [0.1, 0.15) is 6.61 Å². The molecule has 0 radical (unpaired) electrons. The molecule has 0 aliphatic carbocycles. The van der Waals surface area contributed by atoms with Crippen molar-refractivity contribution >= 4 is 5.97 Å². The van der Waals surface area contributed by atoms with Crippen LogP contribution in [0.5, 0.6) is 0 Å². The number of carboxylic acid groups (broad SMARTS) is 1. The van der Waals surface area contributed by atoms with Crippen LogP contribution in [0.2, 0.25) is 0 Å². The number of carbonyl (C=O) groups is 1. The van der Waals surface area contributed by atoms with Crippen LogP contribution in [0.1, 0.15) is 10.5 Å². The van der Waals surface area contributed by atoms with Crippen LogP contribution in [-0.4, -0.2) is 40.2 Å². The molecule has 18 heavy (non-hydrogen) atoms. The number of aromatic carboxylic acids is 1. The van der Waals surface area contributed by atoms with Crippen molar-refractivity contribution in [2.24, 2.45) is 0 Å². The van der Waals surface area contributed by atoms with E-state index in [-0.39, 0.29) is 12.2 Å². The molecule has 1 N–H and O–H groups in total. The number of rotatable bonds is 5. The molecule has 6 nitrogen and oxygen atoms in total. The van der Waals surface area contributed by atoms with Gasteiger partial charge in [0.25, 0.3) is 5.56 Å². The summed E-state index contributed by atoms with van der Waals surface area (Å²) in [6.45, 7) is -2.08. The Labute approximate surface area is 98.6 Å². The van der Waals surface area contributed by atoms with E-state index in [1.54, 1.807) is 0 Å². The van der Waals surface area contributed by atoms with E-state index in [0.717, 1.165) is 16.8 Å². The van der Waals surface area contributed by atoms with Crippen molar-refractivity contribution in [3.8, 4) is 0 Å².